The van der Waals surface area contributed by atoms with Gasteiger partial charge in [-0.1, -0.05) is 36.4 Å². The summed E-state index contributed by atoms with van der Waals surface area (Å²) in [5.41, 5.74) is 1.71. The predicted octanol–water partition coefficient (Wildman–Crippen LogP) is 3.22. The molecule has 4 N–H and O–H groups in total. The van der Waals surface area contributed by atoms with E-state index in [-0.39, 0.29) is 16.9 Å². The largest absolute Gasteiger partial charge is 0.480 e. The van der Waals surface area contributed by atoms with E-state index in [1.54, 1.807) is 0 Å². The van der Waals surface area contributed by atoms with E-state index >= 15 is 0 Å². The van der Waals surface area contributed by atoms with E-state index in [4.69, 9.17) is 10.2 Å². The second-order valence-corrected chi connectivity index (χ2v) is 7.18. The number of amides is 1. The van der Waals surface area contributed by atoms with Crippen molar-refractivity contribution in [3.8, 4) is 0 Å². The lowest BCUT2D eigenvalue weighted by atomic mass is 10.1. The number of para-hydroxylation sites is 2. The maximum atomic E-state index is 12.4. The molecule has 1 amide bonds. The number of hydrogen-bond acceptors (Lipinski definition) is 7. The zero-order chi connectivity index (χ0) is 23.5. The summed E-state index contributed by atoms with van der Waals surface area (Å²) in [6.45, 7) is -0.814. The maximum absolute atomic E-state index is 12.4. The Bertz CT molecular complexity index is 1350. The minimum atomic E-state index is -1.52. The van der Waals surface area contributed by atoms with Crippen LogP contribution in [-0.2, 0) is 4.79 Å². The first kappa shape index (κ1) is 21.7. The summed E-state index contributed by atoms with van der Waals surface area (Å²) in [5.74, 6) is -2.28. The molecule has 1 heterocycles. The molecule has 0 aliphatic heterocycles. The predicted molar refractivity (Wildman–Crippen MR) is 122 cm³/mol. The standard InChI is InChI=1S/C23H18N4O6/c28-12-19(23(30)31)26-22(29)13-9-10-18(20(11-13)27(32)33)25-21-14-5-1-3-7-16(14)24-17-8-4-2-6-15(17)21/h1-11,19,28H,12H2,(H,24,25)(H,26,29)(H,30,31). The molecule has 166 valence electrons. The Kier molecular flexibility index (Phi) is 5.83. The number of anilines is 2. The average Bonchev–Trinajstić information content (AvgIpc) is 2.82. The normalized spacial score (nSPS) is 11.8. The smallest absolute Gasteiger partial charge is 0.328 e. The molecule has 0 bridgehead atoms. The summed E-state index contributed by atoms with van der Waals surface area (Å²) < 4.78 is 0. The van der Waals surface area contributed by atoms with Crippen molar-refractivity contribution < 1.29 is 24.7 Å². The number of carbonyl (C=O) groups is 2. The number of nitro groups is 1. The Labute approximate surface area is 186 Å². The Morgan fingerprint density at radius 3 is 2.15 bits per heavy atom. The number of benzene rings is 3. The number of carboxylic acid groups (broad SMARTS) is 1. The van der Waals surface area contributed by atoms with Gasteiger partial charge in [-0.3, -0.25) is 14.9 Å². The van der Waals surface area contributed by atoms with Crippen LogP contribution in [0.1, 0.15) is 10.4 Å². The summed E-state index contributed by atoms with van der Waals surface area (Å²) in [6, 6.07) is 17.0. The maximum Gasteiger partial charge on any atom is 0.328 e. The minimum Gasteiger partial charge on any atom is -0.480 e. The molecule has 0 saturated carbocycles. The lowest BCUT2D eigenvalue weighted by molar-refractivity contribution is -0.383. The molecule has 33 heavy (non-hydrogen) atoms. The lowest BCUT2D eigenvalue weighted by Crippen LogP contribution is -2.43. The molecule has 0 fully saturated rings. The zero-order valence-corrected chi connectivity index (χ0v) is 17.1. The van der Waals surface area contributed by atoms with Gasteiger partial charge in [0.2, 0.25) is 0 Å². The number of aliphatic carboxylic acids is 1. The van der Waals surface area contributed by atoms with Gasteiger partial charge in [0.05, 0.1) is 28.3 Å². The van der Waals surface area contributed by atoms with E-state index in [9.17, 15) is 19.7 Å². The second kappa shape index (κ2) is 8.89. The van der Waals surface area contributed by atoms with Crippen molar-refractivity contribution in [2.45, 2.75) is 6.04 Å². The number of hydrogen-bond donors (Lipinski definition) is 4. The van der Waals surface area contributed by atoms with Gasteiger partial charge in [-0.2, -0.15) is 0 Å². The highest BCUT2D eigenvalue weighted by Crippen LogP contribution is 2.36. The molecule has 0 saturated heterocycles. The van der Waals surface area contributed by atoms with Crippen LogP contribution in [0.5, 0.6) is 0 Å². The van der Waals surface area contributed by atoms with E-state index in [1.165, 1.54) is 12.1 Å². The third-order valence-electron chi connectivity index (χ3n) is 5.09. The van der Waals surface area contributed by atoms with Gasteiger partial charge < -0.3 is 20.8 Å². The molecule has 1 unspecified atom stereocenters. The van der Waals surface area contributed by atoms with Gasteiger partial charge in [-0.15, -0.1) is 0 Å². The van der Waals surface area contributed by atoms with Crippen LogP contribution in [0.2, 0.25) is 0 Å². The van der Waals surface area contributed by atoms with E-state index in [0.29, 0.717) is 16.7 Å². The quantitative estimate of drug-likeness (QED) is 0.192. The van der Waals surface area contributed by atoms with E-state index in [0.717, 1.165) is 16.8 Å². The van der Waals surface area contributed by atoms with Gasteiger partial charge in [0.15, 0.2) is 6.04 Å². The summed E-state index contributed by atoms with van der Waals surface area (Å²) in [4.78, 5) is 39.2. The monoisotopic (exact) mass is 446 g/mol. The van der Waals surface area contributed by atoms with Crippen LogP contribution >= 0.6 is 0 Å². The molecule has 0 radical (unpaired) electrons. The Hall–Kier alpha value is -4.57. The van der Waals surface area contributed by atoms with Gasteiger partial charge in [0.25, 0.3) is 11.6 Å². The lowest BCUT2D eigenvalue weighted by Gasteiger charge is -2.15. The van der Waals surface area contributed by atoms with Gasteiger partial charge in [-0.05, 0) is 24.3 Å². The fraction of sp³-hybridized carbons (Fsp3) is 0.0870. The van der Waals surface area contributed by atoms with Crippen LogP contribution in [0.25, 0.3) is 21.8 Å². The number of aliphatic hydroxyl groups excluding tert-OH is 1. The number of fused-ring (bicyclic) bond motifs is 2. The third-order valence-corrected chi connectivity index (χ3v) is 5.09. The van der Waals surface area contributed by atoms with Crippen LogP contribution in [-0.4, -0.2) is 44.6 Å². The molecule has 10 heteroatoms. The topological polar surface area (TPSA) is 155 Å². The van der Waals surface area contributed by atoms with Crippen molar-refractivity contribution in [2.75, 3.05) is 11.9 Å². The number of rotatable bonds is 7. The van der Waals surface area contributed by atoms with Crippen LogP contribution in [0.3, 0.4) is 0 Å². The SMILES string of the molecule is O=C(NC(CO)C(=O)O)c1ccc(Nc2c3ccccc3nc3ccccc23)c([N+](=O)[O-])c1. The first-order chi connectivity index (χ1) is 15.9. The molecular formula is C23H18N4O6. The zero-order valence-electron chi connectivity index (χ0n) is 17.1. The first-order valence-electron chi connectivity index (χ1n) is 9.86. The Balaban J connectivity index is 1.78. The van der Waals surface area contributed by atoms with Crippen LogP contribution in [0, 0.1) is 10.1 Å². The number of carboxylic acids is 1. The van der Waals surface area contributed by atoms with Crippen molar-refractivity contribution in [2.24, 2.45) is 0 Å². The molecular weight excluding hydrogens is 428 g/mol. The summed E-state index contributed by atoms with van der Waals surface area (Å²) in [5, 5.41) is 36.7. The molecule has 0 aliphatic rings. The number of aliphatic hydroxyl groups is 1. The van der Waals surface area contributed by atoms with Gasteiger partial charge >= 0.3 is 5.97 Å². The van der Waals surface area contributed by atoms with Crippen LogP contribution < -0.4 is 10.6 Å². The van der Waals surface area contributed by atoms with Gasteiger partial charge in [0.1, 0.15) is 5.69 Å². The molecule has 10 nitrogen and oxygen atoms in total. The number of nitro benzene ring substituents is 1. The second-order valence-electron chi connectivity index (χ2n) is 7.18. The molecule has 1 atom stereocenters. The third kappa shape index (κ3) is 4.27. The Morgan fingerprint density at radius 1 is 1.00 bits per heavy atom. The average molecular weight is 446 g/mol. The number of carbonyl (C=O) groups excluding carboxylic acids is 1. The highest BCUT2D eigenvalue weighted by molar-refractivity contribution is 6.09. The molecule has 4 aromatic rings. The number of pyridine rings is 1. The number of nitrogens with one attached hydrogen (secondary N) is 2. The van der Waals surface area contributed by atoms with Crippen molar-refractivity contribution in [3.63, 3.8) is 0 Å². The van der Waals surface area contributed by atoms with Crippen molar-refractivity contribution in [1.82, 2.24) is 10.3 Å². The number of nitrogens with zero attached hydrogens (tertiary/aromatic N) is 2. The molecule has 1 aromatic heterocycles. The summed E-state index contributed by atoms with van der Waals surface area (Å²) >= 11 is 0. The molecule has 0 aliphatic carbocycles. The van der Waals surface area contributed by atoms with Gasteiger partial charge in [0, 0.05) is 22.4 Å². The highest BCUT2D eigenvalue weighted by Gasteiger charge is 2.23. The van der Waals surface area contributed by atoms with Crippen LogP contribution in [0.4, 0.5) is 17.1 Å². The van der Waals surface area contributed by atoms with Crippen molar-refractivity contribution in [1.29, 1.82) is 0 Å². The fourth-order valence-electron chi connectivity index (χ4n) is 3.47. The summed E-state index contributed by atoms with van der Waals surface area (Å²) in [6.07, 6.45) is 0. The fourth-order valence-corrected chi connectivity index (χ4v) is 3.47. The van der Waals surface area contributed by atoms with Crippen molar-refractivity contribution in [3.05, 3.63) is 82.4 Å². The van der Waals surface area contributed by atoms with Crippen LogP contribution in [0.15, 0.2) is 66.7 Å². The molecule has 0 spiro atoms. The van der Waals surface area contributed by atoms with E-state index in [2.05, 4.69) is 15.6 Å². The number of aromatic nitrogens is 1. The van der Waals surface area contributed by atoms with Crippen molar-refractivity contribution >= 4 is 50.7 Å². The Morgan fingerprint density at radius 2 is 1.61 bits per heavy atom. The van der Waals surface area contributed by atoms with E-state index in [1.807, 2.05) is 48.5 Å². The molecule has 4 rings (SSSR count). The highest BCUT2D eigenvalue weighted by atomic mass is 16.6. The molecule has 3 aromatic carbocycles. The minimum absolute atomic E-state index is 0.114. The first-order valence-corrected chi connectivity index (χ1v) is 9.86. The van der Waals surface area contributed by atoms with Gasteiger partial charge in [-0.25, -0.2) is 9.78 Å². The summed E-state index contributed by atoms with van der Waals surface area (Å²) in [7, 11) is 0. The van der Waals surface area contributed by atoms with E-state index < -0.39 is 29.4 Å².